The molecule has 0 aliphatic carbocycles. The monoisotopic (exact) mass is 495 g/mol. The molecule has 3 unspecified atom stereocenters. The summed E-state index contributed by atoms with van der Waals surface area (Å²) >= 11 is 0. The molecule has 0 bridgehead atoms. The van der Waals surface area contributed by atoms with Gasteiger partial charge in [0.05, 0.1) is 26.7 Å². The SMILES string of the molecule is CC(N)(Cc1ccc(O)c(O)c1)C(=O)O.COc1ccc2c(c1)OC1c3ccc(OC)cc3OCC21. The van der Waals surface area contributed by atoms with E-state index in [9.17, 15) is 9.90 Å². The standard InChI is InChI=1S/C17H16O4.C10H13NO4/c1-18-10-4-6-13-15(7-10)20-9-14-12-5-3-11(19-2)8-16(12)21-17(13)14;1-10(11,9(14)15)5-6-2-3-7(12)8(13)4-6/h3-8,14,17H,9H2,1-2H3;2-4,12-13H,5,11H2,1H3,(H,14,15). The van der Waals surface area contributed by atoms with Crippen molar-refractivity contribution >= 4 is 5.97 Å². The average Bonchev–Trinajstić information content (AvgIpc) is 3.24. The lowest BCUT2D eigenvalue weighted by atomic mass is 9.89. The van der Waals surface area contributed by atoms with Gasteiger partial charge >= 0.3 is 5.97 Å². The maximum absolute atomic E-state index is 10.7. The minimum Gasteiger partial charge on any atom is -0.504 e. The normalized spacial score (nSPS) is 18.6. The van der Waals surface area contributed by atoms with Gasteiger partial charge in [0.25, 0.3) is 0 Å². The summed E-state index contributed by atoms with van der Waals surface area (Å²) in [6.07, 6.45) is 0.0812. The first-order valence-electron chi connectivity index (χ1n) is 11.3. The van der Waals surface area contributed by atoms with Crippen LogP contribution in [0.5, 0.6) is 34.5 Å². The van der Waals surface area contributed by atoms with Gasteiger partial charge in [-0.05, 0) is 42.8 Å². The summed E-state index contributed by atoms with van der Waals surface area (Å²) in [5.41, 5.74) is 6.96. The van der Waals surface area contributed by atoms with E-state index in [0.717, 1.165) is 28.6 Å². The molecule has 0 fully saturated rings. The van der Waals surface area contributed by atoms with Crippen LogP contribution in [0.4, 0.5) is 0 Å². The molecule has 9 heteroatoms. The summed E-state index contributed by atoms with van der Waals surface area (Å²) in [4.78, 5) is 10.7. The number of phenolic OH excluding ortho intramolecular Hbond substituents is 2. The molecule has 0 spiro atoms. The van der Waals surface area contributed by atoms with Crippen LogP contribution >= 0.6 is 0 Å². The number of nitrogens with two attached hydrogens (primary N) is 1. The molecule has 3 aromatic carbocycles. The average molecular weight is 496 g/mol. The fraction of sp³-hybridized carbons (Fsp3) is 0.296. The number of aromatic hydroxyl groups is 2. The Morgan fingerprint density at radius 3 is 2.22 bits per heavy atom. The summed E-state index contributed by atoms with van der Waals surface area (Å²) in [6.45, 7) is 2.00. The van der Waals surface area contributed by atoms with Crippen LogP contribution in [0.2, 0.25) is 0 Å². The van der Waals surface area contributed by atoms with Crippen molar-refractivity contribution in [2.24, 2.45) is 5.73 Å². The Hall–Kier alpha value is -4.11. The number of aliphatic carboxylic acids is 1. The summed E-state index contributed by atoms with van der Waals surface area (Å²) in [5, 5.41) is 27.0. The highest BCUT2D eigenvalue weighted by atomic mass is 16.5. The molecule has 9 nitrogen and oxygen atoms in total. The number of hydrogen-bond donors (Lipinski definition) is 4. The van der Waals surface area contributed by atoms with Crippen molar-refractivity contribution in [3.05, 3.63) is 71.3 Å². The van der Waals surface area contributed by atoms with Gasteiger partial charge < -0.3 is 40.0 Å². The zero-order chi connectivity index (χ0) is 26.0. The molecule has 0 radical (unpaired) electrons. The third kappa shape index (κ3) is 4.96. The number of rotatable bonds is 5. The van der Waals surface area contributed by atoms with Gasteiger partial charge in [-0.25, -0.2) is 0 Å². The highest BCUT2D eigenvalue weighted by Crippen LogP contribution is 2.52. The smallest absolute Gasteiger partial charge is 0.323 e. The lowest BCUT2D eigenvalue weighted by Crippen LogP contribution is -2.46. The highest BCUT2D eigenvalue weighted by Gasteiger charge is 2.41. The van der Waals surface area contributed by atoms with Gasteiger partial charge in [0.1, 0.15) is 34.6 Å². The van der Waals surface area contributed by atoms with Crippen molar-refractivity contribution < 1.29 is 39.1 Å². The Morgan fingerprint density at radius 1 is 0.972 bits per heavy atom. The van der Waals surface area contributed by atoms with Gasteiger partial charge in [-0.1, -0.05) is 12.1 Å². The van der Waals surface area contributed by atoms with E-state index in [1.165, 1.54) is 30.7 Å². The molecule has 2 aliphatic rings. The molecule has 2 aliphatic heterocycles. The third-order valence-electron chi connectivity index (χ3n) is 6.28. The Bertz CT molecular complexity index is 1270. The van der Waals surface area contributed by atoms with Crippen LogP contribution in [0.1, 0.15) is 35.6 Å². The van der Waals surface area contributed by atoms with Crippen LogP contribution < -0.4 is 24.7 Å². The molecule has 0 aromatic heterocycles. The van der Waals surface area contributed by atoms with Gasteiger partial charge in [-0.15, -0.1) is 0 Å². The van der Waals surface area contributed by atoms with Gasteiger partial charge in [0, 0.05) is 29.7 Å². The zero-order valence-electron chi connectivity index (χ0n) is 20.2. The molecular formula is C27H29NO8. The minimum atomic E-state index is -1.39. The molecule has 36 heavy (non-hydrogen) atoms. The molecule has 3 atom stereocenters. The summed E-state index contributed by atoms with van der Waals surface area (Å²) in [5.74, 6) is 1.92. The van der Waals surface area contributed by atoms with Crippen molar-refractivity contribution in [2.45, 2.75) is 30.9 Å². The molecule has 5 N–H and O–H groups in total. The molecule has 5 rings (SSSR count). The molecule has 2 heterocycles. The first kappa shape index (κ1) is 25.0. The maximum Gasteiger partial charge on any atom is 0.323 e. The fourth-order valence-corrected chi connectivity index (χ4v) is 4.25. The van der Waals surface area contributed by atoms with Crippen LogP contribution in [0, 0.1) is 0 Å². The van der Waals surface area contributed by atoms with Gasteiger partial charge in [0.2, 0.25) is 0 Å². The highest BCUT2D eigenvalue weighted by molar-refractivity contribution is 5.78. The summed E-state index contributed by atoms with van der Waals surface area (Å²) < 4.78 is 22.6. The number of methoxy groups -OCH3 is 2. The summed E-state index contributed by atoms with van der Waals surface area (Å²) in [7, 11) is 3.32. The fourth-order valence-electron chi connectivity index (χ4n) is 4.25. The minimum absolute atomic E-state index is 0.00163. The topological polar surface area (TPSA) is 141 Å². The predicted octanol–water partition coefficient (Wildman–Crippen LogP) is 3.76. The Labute approximate surface area is 208 Å². The molecule has 0 saturated heterocycles. The number of fused-ring (bicyclic) bond motifs is 5. The molecule has 0 saturated carbocycles. The Kier molecular flexibility index (Phi) is 6.85. The van der Waals surface area contributed by atoms with Crippen LogP contribution in [0.3, 0.4) is 0 Å². The zero-order valence-corrected chi connectivity index (χ0v) is 20.2. The number of carboxylic acids is 1. The third-order valence-corrected chi connectivity index (χ3v) is 6.28. The Morgan fingerprint density at radius 2 is 1.61 bits per heavy atom. The molecule has 190 valence electrons. The molecule has 3 aromatic rings. The van der Waals surface area contributed by atoms with Crippen molar-refractivity contribution in [1.29, 1.82) is 0 Å². The van der Waals surface area contributed by atoms with Crippen LogP contribution in [0.15, 0.2) is 54.6 Å². The van der Waals surface area contributed by atoms with E-state index in [4.69, 9.17) is 34.9 Å². The quantitative estimate of drug-likeness (QED) is 0.389. The van der Waals surface area contributed by atoms with E-state index in [0.29, 0.717) is 12.2 Å². The van der Waals surface area contributed by atoms with Crippen molar-refractivity contribution in [2.75, 3.05) is 20.8 Å². The van der Waals surface area contributed by atoms with E-state index in [-0.39, 0.29) is 29.9 Å². The molecular weight excluding hydrogens is 466 g/mol. The van der Waals surface area contributed by atoms with Crippen LogP contribution in [-0.4, -0.2) is 47.7 Å². The first-order chi connectivity index (χ1) is 17.1. The number of hydrogen-bond acceptors (Lipinski definition) is 8. The van der Waals surface area contributed by atoms with Crippen LogP contribution in [-0.2, 0) is 11.2 Å². The van der Waals surface area contributed by atoms with Gasteiger partial charge in [-0.2, -0.15) is 0 Å². The molecule has 0 amide bonds. The van der Waals surface area contributed by atoms with Crippen LogP contribution in [0.25, 0.3) is 0 Å². The van der Waals surface area contributed by atoms with E-state index >= 15 is 0 Å². The second-order valence-electron chi connectivity index (χ2n) is 8.99. The predicted molar refractivity (Wildman–Crippen MR) is 131 cm³/mol. The number of carboxylic acid groups (broad SMARTS) is 1. The second-order valence-corrected chi connectivity index (χ2v) is 8.99. The maximum atomic E-state index is 10.7. The lowest BCUT2D eigenvalue weighted by Gasteiger charge is -2.28. The second kappa shape index (κ2) is 9.87. The van der Waals surface area contributed by atoms with E-state index < -0.39 is 11.5 Å². The van der Waals surface area contributed by atoms with E-state index in [1.807, 2.05) is 30.3 Å². The number of phenols is 2. The summed E-state index contributed by atoms with van der Waals surface area (Å²) in [6, 6.07) is 16.0. The Balaban J connectivity index is 0.000000181. The van der Waals surface area contributed by atoms with Gasteiger partial charge in [-0.3, -0.25) is 4.79 Å². The number of ether oxygens (including phenoxy) is 4. The van der Waals surface area contributed by atoms with Crippen molar-refractivity contribution in [3.63, 3.8) is 0 Å². The van der Waals surface area contributed by atoms with Crippen molar-refractivity contribution in [1.82, 2.24) is 0 Å². The first-order valence-corrected chi connectivity index (χ1v) is 11.3. The number of benzene rings is 3. The number of carbonyl (C=O) groups is 1. The van der Waals surface area contributed by atoms with E-state index in [2.05, 4.69) is 6.07 Å². The largest absolute Gasteiger partial charge is 0.504 e. The lowest BCUT2D eigenvalue weighted by molar-refractivity contribution is -0.142. The van der Waals surface area contributed by atoms with E-state index in [1.54, 1.807) is 14.2 Å². The van der Waals surface area contributed by atoms with Crippen molar-refractivity contribution in [3.8, 4) is 34.5 Å². The van der Waals surface area contributed by atoms with Gasteiger partial charge in [0.15, 0.2) is 11.5 Å².